The van der Waals surface area contributed by atoms with Gasteiger partial charge in [-0.25, -0.2) is 0 Å². The van der Waals surface area contributed by atoms with E-state index in [1.807, 2.05) is 35.4 Å². The fourth-order valence-corrected chi connectivity index (χ4v) is 2.45. The van der Waals surface area contributed by atoms with Crippen LogP contribution in [0.1, 0.15) is 11.1 Å². The molecule has 0 radical (unpaired) electrons. The molecular weight excluding hydrogens is 325 g/mol. The molecule has 2 rings (SSSR count). The molecule has 0 spiro atoms. The maximum Gasteiger partial charge on any atom is 0.169 e. The Kier molecular flexibility index (Phi) is 5.79. The zero-order valence-electron chi connectivity index (χ0n) is 11.5. The summed E-state index contributed by atoms with van der Waals surface area (Å²) in [5.41, 5.74) is 2.01. The van der Waals surface area contributed by atoms with E-state index in [2.05, 4.69) is 10.3 Å². The third kappa shape index (κ3) is 4.30. The Morgan fingerprint density at radius 3 is 2.71 bits per heavy atom. The van der Waals surface area contributed by atoms with E-state index in [9.17, 15) is 0 Å². The fourth-order valence-electron chi connectivity index (χ4n) is 1.95. The lowest BCUT2D eigenvalue weighted by molar-refractivity contribution is 0.402. The highest BCUT2D eigenvalue weighted by atomic mass is 35.5. The average Bonchev–Trinajstić information content (AvgIpc) is 2.51. The lowest BCUT2D eigenvalue weighted by Crippen LogP contribution is -2.36. The van der Waals surface area contributed by atoms with E-state index in [-0.39, 0.29) is 0 Å². The van der Waals surface area contributed by atoms with Gasteiger partial charge in [-0.15, -0.1) is 0 Å². The normalized spacial score (nSPS) is 10.2. The van der Waals surface area contributed by atoms with Crippen LogP contribution in [0.25, 0.3) is 0 Å². The first-order valence-electron chi connectivity index (χ1n) is 6.40. The van der Waals surface area contributed by atoms with Crippen molar-refractivity contribution in [2.24, 2.45) is 0 Å². The third-order valence-electron chi connectivity index (χ3n) is 2.99. The van der Waals surface area contributed by atoms with Crippen LogP contribution in [0.15, 0.2) is 42.7 Å². The highest BCUT2D eigenvalue weighted by Gasteiger charge is 2.13. The smallest absolute Gasteiger partial charge is 0.169 e. The summed E-state index contributed by atoms with van der Waals surface area (Å²) in [6.07, 6.45) is 3.57. The number of thiocarbonyl (C=S) groups is 1. The summed E-state index contributed by atoms with van der Waals surface area (Å²) < 4.78 is 0. The third-order valence-corrected chi connectivity index (χ3v) is 4.31. The topological polar surface area (TPSA) is 28.2 Å². The first-order chi connectivity index (χ1) is 10.1. The number of pyridine rings is 1. The number of hydrogen-bond acceptors (Lipinski definition) is 2. The van der Waals surface area contributed by atoms with Gasteiger partial charge in [0.1, 0.15) is 0 Å². The molecule has 0 saturated carbocycles. The first-order valence-corrected chi connectivity index (χ1v) is 7.56. The molecule has 21 heavy (non-hydrogen) atoms. The molecule has 0 aliphatic rings. The standard InChI is InChI=1S/C15H15Cl2N3S/c1-18-15(21)20(9-11-4-3-7-19-8-11)10-12-5-2-6-13(16)14(12)17/h2-8H,9-10H2,1H3,(H,18,21). The highest BCUT2D eigenvalue weighted by molar-refractivity contribution is 7.80. The minimum absolute atomic E-state index is 0.547. The van der Waals surface area contributed by atoms with Gasteiger partial charge in [0.2, 0.25) is 0 Å². The van der Waals surface area contributed by atoms with Crippen LogP contribution in [0, 0.1) is 0 Å². The number of benzene rings is 1. The molecule has 0 unspecified atom stereocenters. The molecule has 0 aliphatic heterocycles. The number of halogens is 2. The molecule has 0 amide bonds. The maximum atomic E-state index is 6.25. The maximum absolute atomic E-state index is 6.25. The van der Waals surface area contributed by atoms with Crippen molar-refractivity contribution in [2.75, 3.05) is 7.05 Å². The average molecular weight is 340 g/mol. The second-order valence-electron chi connectivity index (χ2n) is 4.49. The van der Waals surface area contributed by atoms with Crippen molar-refractivity contribution in [1.29, 1.82) is 0 Å². The quantitative estimate of drug-likeness (QED) is 0.855. The molecule has 1 heterocycles. The molecule has 0 atom stereocenters. The number of rotatable bonds is 4. The molecule has 0 saturated heterocycles. The van der Waals surface area contributed by atoms with E-state index in [4.69, 9.17) is 35.4 Å². The monoisotopic (exact) mass is 339 g/mol. The van der Waals surface area contributed by atoms with E-state index in [1.54, 1.807) is 19.3 Å². The molecule has 0 bridgehead atoms. The molecule has 1 aromatic heterocycles. The lowest BCUT2D eigenvalue weighted by atomic mass is 10.2. The molecule has 0 aliphatic carbocycles. The number of hydrogen-bond donors (Lipinski definition) is 1. The predicted molar refractivity (Wildman–Crippen MR) is 91.6 cm³/mol. The summed E-state index contributed by atoms with van der Waals surface area (Å²) in [4.78, 5) is 6.14. The zero-order valence-corrected chi connectivity index (χ0v) is 13.8. The summed E-state index contributed by atoms with van der Waals surface area (Å²) in [6, 6.07) is 9.52. The molecule has 1 aromatic carbocycles. The van der Waals surface area contributed by atoms with Gasteiger partial charge in [-0.1, -0.05) is 41.4 Å². The summed E-state index contributed by atoms with van der Waals surface area (Å²) >= 11 is 17.7. The minimum Gasteiger partial charge on any atom is -0.366 e. The number of nitrogens with zero attached hydrogens (tertiary/aromatic N) is 2. The molecule has 110 valence electrons. The van der Waals surface area contributed by atoms with Gasteiger partial charge in [-0.05, 0) is 35.5 Å². The molecular formula is C15H15Cl2N3S. The van der Waals surface area contributed by atoms with Crippen LogP contribution in [-0.2, 0) is 13.1 Å². The van der Waals surface area contributed by atoms with Crippen LogP contribution in [0.2, 0.25) is 10.0 Å². The molecule has 0 fully saturated rings. The van der Waals surface area contributed by atoms with Gasteiger partial charge in [0.25, 0.3) is 0 Å². The van der Waals surface area contributed by atoms with Gasteiger partial charge in [-0.2, -0.15) is 0 Å². The van der Waals surface area contributed by atoms with Crippen molar-refractivity contribution in [2.45, 2.75) is 13.1 Å². The minimum atomic E-state index is 0.547. The molecule has 6 heteroatoms. The second-order valence-corrected chi connectivity index (χ2v) is 5.66. The second kappa shape index (κ2) is 7.59. The Bertz CT molecular complexity index is 620. The number of aromatic nitrogens is 1. The van der Waals surface area contributed by atoms with Gasteiger partial charge >= 0.3 is 0 Å². The van der Waals surface area contributed by atoms with Gasteiger partial charge in [0.05, 0.1) is 10.0 Å². The zero-order chi connectivity index (χ0) is 15.2. The van der Waals surface area contributed by atoms with Crippen LogP contribution < -0.4 is 5.32 Å². The highest BCUT2D eigenvalue weighted by Crippen LogP contribution is 2.26. The van der Waals surface area contributed by atoms with Crippen LogP contribution in [0.5, 0.6) is 0 Å². The van der Waals surface area contributed by atoms with Crippen molar-refractivity contribution >= 4 is 40.5 Å². The van der Waals surface area contributed by atoms with Crippen molar-refractivity contribution in [3.05, 3.63) is 63.9 Å². The van der Waals surface area contributed by atoms with E-state index in [0.29, 0.717) is 28.2 Å². The Morgan fingerprint density at radius 2 is 2.05 bits per heavy atom. The lowest BCUT2D eigenvalue weighted by Gasteiger charge is -2.25. The first kappa shape index (κ1) is 16.0. The summed E-state index contributed by atoms with van der Waals surface area (Å²) in [6.45, 7) is 1.23. The Labute approximate surface area is 139 Å². The van der Waals surface area contributed by atoms with Crippen molar-refractivity contribution in [1.82, 2.24) is 15.2 Å². The fraction of sp³-hybridized carbons (Fsp3) is 0.200. The summed E-state index contributed by atoms with van der Waals surface area (Å²) in [7, 11) is 1.80. The van der Waals surface area contributed by atoms with Crippen molar-refractivity contribution < 1.29 is 0 Å². The Balaban J connectivity index is 2.21. The Hall–Kier alpha value is -1.36. The van der Waals surface area contributed by atoms with E-state index >= 15 is 0 Å². The Morgan fingerprint density at radius 1 is 1.24 bits per heavy atom. The van der Waals surface area contributed by atoms with Gasteiger partial charge < -0.3 is 10.2 Å². The largest absolute Gasteiger partial charge is 0.366 e. The molecule has 1 N–H and O–H groups in total. The summed E-state index contributed by atoms with van der Waals surface area (Å²) in [5.74, 6) is 0. The van der Waals surface area contributed by atoms with Crippen LogP contribution in [0.3, 0.4) is 0 Å². The van der Waals surface area contributed by atoms with Crippen molar-refractivity contribution in [3.63, 3.8) is 0 Å². The van der Waals surface area contributed by atoms with Crippen molar-refractivity contribution in [3.8, 4) is 0 Å². The van der Waals surface area contributed by atoms with E-state index in [0.717, 1.165) is 11.1 Å². The number of nitrogens with one attached hydrogen (secondary N) is 1. The van der Waals surface area contributed by atoms with Gasteiger partial charge in [0, 0.05) is 32.5 Å². The predicted octanol–water partition coefficient (Wildman–Crippen LogP) is 3.89. The van der Waals surface area contributed by atoms with Crippen LogP contribution in [-0.4, -0.2) is 22.0 Å². The van der Waals surface area contributed by atoms with Crippen LogP contribution >= 0.6 is 35.4 Å². The van der Waals surface area contributed by atoms with Gasteiger partial charge in [0.15, 0.2) is 5.11 Å². The van der Waals surface area contributed by atoms with E-state index in [1.165, 1.54) is 0 Å². The summed E-state index contributed by atoms with van der Waals surface area (Å²) in [5, 5.41) is 4.76. The van der Waals surface area contributed by atoms with E-state index < -0.39 is 0 Å². The molecule has 2 aromatic rings. The van der Waals surface area contributed by atoms with Crippen LogP contribution in [0.4, 0.5) is 0 Å². The van der Waals surface area contributed by atoms with Gasteiger partial charge in [-0.3, -0.25) is 4.98 Å². The SMILES string of the molecule is CNC(=S)N(Cc1cccnc1)Cc1cccc(Cl)c1Cl. The molecule has 3 nitrogen and oxygen atoms in total.